The van der Waals surface area contributed by atoms with E-state index < -0.39 is 22.2 Å². The van der Waals surface area contributed by atoms with E-state index in [9.17, 15) is 4.79 Å². The summed E-state index contributed by atoms with van der Waals surface area (Å²) in [6.07, 6.45) is 14.5. The molecule has 0 radical (unpaired) electrons. The number of Topliss-reactive ketones (excluding diaryl/α,β-unsaturated/α-hetero) is 1. The molecule has 0 aromatic rings. The van der Waals surface area contributed by atoms with Crippen molar-refractivity contribution in [2.24, 2.45) is 11.8 Å². The molecule has 1 saturated carbocycles. The molecule has 0 spiro atoms. The smallest absolute Gasteiger partial charge is 0.192 e. The highest BCUT2D eigenvalue weighted by molar-refractivity contribution is 6.74. The molecule has 2 unspecified atom stereocenters. The van der Waals surface area contributed by atoms with E-state index in [2.05, 4.69) is 86.5 Å². The number of ketones is 1. The summed E-state index contributed by atoms with van der Waals surface area (Å²) in [5, 5.41) is 0.164. The second kappa shape index (κ2) is 13.2. The van der Waals surface area contributed by atoms with Gasteiger partial charge in [0, 0.05) is 6.42 Å². The molecule has 0 aliphatic heterocycles. The van der Waals surface area contributed by atoms with Crippen LogP contribution in [0.2, 0.25) is 37.3 Å². The molecule has 198 valence electrons. The number of rotatable bonds is 15. The molecular weight excluding hydrogens is 452 g/mol. The number of carbonyl (C=O) groups is 1. The topological polar surface area (TPSA) is 35.5 Å². The predicted octanol–water partition coefficient (Wildman–Crippen LogP) is 9.08. The van der Waals surface area contributed by atoms with Gasteiger partial charge in [-0.05, 0) is 62.5 Å². The summed E-state index contributed by atoms with van der Waals surface area (Å²) in [5.74, 6) is 0.781. The molecule has 0 heterocycles. The van der Waals surface area contributed by atoms with E-state index in [1.54, 1.807) is 0 Å². The number of allylic oxidation sites excluding steroid dienone is 1. The molecule has 3 nitrogen and oxygen atoms in total. The average molecular weight is 509 g/mol. The molecule has 0 amide bonds. The van der Waals surface area contributed by atoms with Crippen LogP contribution in [-0.2, 0) is 13.6 Å². The summed E-state index contributed by atoms with van der Waals surface area (Å²) in [5.41, 5.74) is -0.519. The lowest BCUT2D eigenvalue weighted by molar-refractivity contribution is -0.122. The van der Waals surface area contributed by atoms with Gasteiger partial charge in [-0.25, -0.2) is 0 Å². The number of hydrogen-bond donors (Lipinski definition) is 0. The normalized spacial score (nSPS) is 23.3. The Labute approximate surface area is 214 Å². The van der Waals surface area contributed by atoms with Gasteiger partial charge in [-0.2, -0.15) is 0 Å². The highest BCUT2D eigenvalue weighted by Crippen LogP contribution is 2.44. The Balaban J connectivity index is 3.31. The summed E-state index contributed by atoms with van der Waals surface area (Å²) in [7, 11) is -3.88. The van der Waals surface area contributed by atoms with Crippen molar-refractivity contribution in [1.82, 2.24) is 0 Å². The first-order chi connectivity index (χ1) is 15.6. The van der Waals surface area contributed by atoms with Crippen LogP contribution in [0.5, 0.6) is 0 Å². The van der Waals surface area contributed by atoms with Crippen LogP contribution in [0.1, 0.15) is 92.9 Å². The lowest BCUT2D eigenvalue weighted by Crippen LogP contribution is -2.47. The van der Waals surface area contributed by atoms with Gasteiger partial charge in [-0.15, -0.1) is 6.58 Å². The fourth-order valence-electron chi connectivity index (χ4n) is 5.12. The molecule has 0 N–H and O–H groups in total. The van der Waals surface area contributed by atoms with Crippen LogP contribution in [-0.4, -0.2) is 34.1 Å². The van der Waals surface area contributed by atoms with Crippen molar-refractivity contribution in [2.45, 2.75) is 142 Å². The van der Waals surface area contributed by atoms with Crippen molar-refractivity contribution in [3.05, 3.63) is 24.8 Å². The standard InChI is InChI=1S/C29H56O3Si2/c1-12-14-15-16-18-25(31-34(10,11)28(5,6)7)19-21-29(32-33(8,9)23-24(3)4)22-20-27(30)26(29)17-13-2/h13,19,21,24-26H,2,12,14-18,20,22-23H2,1,3-11H3/b21-19+/t25-,26?,29?/m0/s1. The Morgan fingerprint density at radius 3 is 2.32 bits per heavy atom. The van der Waals surface area contributed by atoms with Crippen molar-refractivity contribution < 1.29 is 13.6 Å². The molecule has 34 heavy (non-hydrogen) atoms. The molecule has 0 bridgehead atoms. The highest BCUT2D eigenvalue weighted by Gasteiger charge is 2.49. The first kappa shape index (κ1) is 31.5. The maximum absolute atomic E-state index is 13.0. The lowest BCUT2D eigenvalue weighted by Gasteiger charge is -2.41. The Kier molecular flexibility index (Phi) is 12.2. The van der Waals surface area contributed by atoms with E-state index in [-0.39, 0.29) is 17.1 Å². The average Bonchev–Trinajstić information content (AvgIpc) is 2.97. The molecule has 0 aromatic heterocycles. The summed E-state index contributed by atoms with van der Waals surface area (Å²) < 4.78 is 14.0. The summed E-state index contributed by atoms with van der Waals surface area (Å²) in [6, 6.07) is 1.10. The van der Waals surface area contributed by atoms with Crippen molar-refractivity contribution in [2.75, 3.05) is 0 Å². The molecule has 3 atom stereocenters. The molecule has 1 aliphatic rings. The molecular formula is C29H56O3Si2. The van der Waals surface area contributed by atoms with Gasteiger partial charge >= 0.3 is 0 Å². The third-order valence-electron chi connectivity index (χ3n) is 7.70. The Hall–Kier alpha value is -0.496. The molecule has 0 saturated heterocycles. The number of carbonyl (C=O) groups excluding carboxylic acids is 1. The first-order valence-corrected chi connectivity index (χ1v) is 19.8. The van der Waals surface area contributed by atoms with Crippen LogP contribution in [0.25, 0.3) is 0 Å². The zero-order valence-electron chi connectivity index (χ0n) is 24.3. The Morgan fingerprint density at radius 2 is 1.79 bits per heavy atom. The molecule has 1 fully saturated rings. The van der Waals surface area contributed by atoms with E-state index in [4.69, 9.17) is 8.85 Å². The van der Waals surface area contributed by atoms with Crippen LogP contribution >= 0.6 is 0 Å². The van der Waals surface area contributed by atoms with Gasteiger partial charge in [0.05, 0.1) is 17.6 Å². The van der Waals surface area contributed by atoms with Crippen molar-refractivity contribution in [1.29, 1.82) is 0 Å². The SMILES string of the molecule is C=CCC1C(=O)CCC1(/C=C/[C@H](CCCCCC)O[Si](C)(C)C(C)(C)C)O[Si](C)(C)CC(C)C. The van der Waals surface area contributed by atoms with Gasteiger partial charge in [0.15, 0.2) is 16.6 Å². The van der Waals surface area contributed by atoms with Crippen molar-refractivity contribution in [3.8, 4) is 0 Å². The predicted molar refractivity (Wildman–Crippen MR) is 153 cm³/mol. The minimum absolute atomic E-state index is 0.0770. The highest BCUT2D eigenvalue weighted by atomic mass is 28.4. The zero-order chi connectivity index (χ0) is 26.2. The van der Waals surface area contributed by atoms with Gasteiger partial charge in [-0.1, -0.05) is 85.5 Å². The maximum Gasteiger partial charge on any atom is 0.192 e. The summed E-state index contributed by atoms with van der Waals surface area (Å²) in [4.78, 5) is 13.0. The quantitative estimate of drug-likeness (QED) is 0.126. The minimum Gasteiger partial charge on any atom is -0.411 e. The van der Waals surface area contributed by atoms with E-state index in [0.29, 0.717) is 24.5 Å². The van der Waals surface area contributed by atoms with Gasteiger partial charge in [0.25, 0.3) is 0 Å². The van der Waals surface area contributed by atoms with Crippen LogP contribution in [0, 0.1) is 11.8 Å². The number of unbranched alkanes of at least 4 members (excludes halogenated alkanes) is 3. The van der Waals surface area contributed by atoms with E-state index in [1.807, 2.05) is 6.08 Å². The monoisotopic (exact) mass is 508 g/mol. The van der Waals surface area contributed by atoms with Gasteiger partial charge in [-0.3, -0.25) is 4.79 Å². The molecule has 5 heteroatoms. The van der Waals surface area contributed by atoms with Crippen LogP contribution in [0.15, 0.2) is 24.8 Å². The fraction of sp³-hybridized carbons (Fsp3) is 0.828. The fourth-order valence-corrected chi connectivity index (χ4v) is 9.82. The summed E-state index contributed by atoms with van der Waals surface area (Å²) in [6.45, 7) is 26.9. The van der Waals surface area contributed by atoms with Gasteiger partial charge in [0.1, 0.15) is 5.78 Å². The van der Waals surface area contributed by atoms with Crippen molar-refractivity contribution >= 4 is 22.4 Å². The van der Waals surface area contributed by atoms with E-state index >= 15 is 0 Å². The minimum atomic E-state index is -1.96. The van der Waals surface area contributed by atoms with Gasteiger partial charge < -0.3 is 8.85 Å². The summed E-state index contributed by atoms with van der Waals surface area (Å²) >= 11 is 0. The lowest BCUT2D eigenvalue weighted by atomic mass is 9.87. The second-order valence-corrected chi connectivity index (χ2v) is 22.0. The Morgan fingerprint density at radius 1 is 1.15 bits per heavy atom. The third-order valence-corrected chi connectivity index (χ3v) is 14.9. The van der Waals surface area contributed by atoms with Crippen LogP contribution < -0.4 is 0 Å². The Bertz CT molecular complexity index is 675. The third kappa shape index (κ3) is 9.52. The molecule has 0 aromatic carbocycles. The largest absolute Gasteiger partial charge is 0.411 e. The van der Waals surface area contributed by atoms with E-state index in [0.717, 1.165) is 18.9 Å². The van der Waals surface area contributed by atoms with Crippen molar-refractivity contribution in [3.63, 3.8) is 0 Å². The van der Waals surface area contributed by atoms with Crippen LogP contribution in [0.4, 0.5) is 0 Å². The maximum atomic E-state index is 13.0. The molecule has 1 rings (SSSR count). The van der Waals surface area contributed by atoms with Crippen LogP contribution in [0.3, 0.4) is 0 Å². The molecule has 1 aliphatic carbocycles. The van der Waals surface area contributed by atoms with Gasteiger partial charge in [0.2, 0.25) is 0 Å². The first-order valence-electron chi connectivity index (χ1n) is 13.8. The zero-order valence-corrected chi connectivity index (χ0v) is 26.3. The van der Waals surface area contributed by atoms with E-state index in [1.165, 1.54) is 25.7 Å². The number of hydrogen-bond acceptors (Lipinski definition) is 3. The second-order valence-electron chi connectivity index (χ2n) is 13.1.